The molecule has 3 heteroatoms. The van der Waals surface area contributed by atoms with Crippen molar-refractivity contribution in [2.24, 2.45) is 16.7 Å². The van der Waals surface area contributed by atoms with Crippen molar-refractivity contribution in [3.63, 3.8) is 0 Å². The number of nitrogens with zero attached hydrogens (tertiary/aromatic N) is 1. The maximum absolute atomic E-state index is 4.36. The van der Waals surface area contributed by atoms with Crippen molar-refractivity contribution in [3.05, 3.63) is 23.7 Å². The van der Waals surface area contributed by atoms with Crippen LogP contribution in [0.25, 0.3) is 10.2 Å². The van der Waals surface area contributed by atoms with Gasteiger partial charge in [0.05, 0.1) is 15.7 Å². The summed E-state index contributed by atoms with van der Waals surface area (Å²) in [6.45, 7) is 7.43. The number of benzene rings is 1. The number of hydrogen-bond donors (Lipinski definition) is 1. The summed E-state index contributed by atoms with van der Waals surface area (Å²) in [5.74, 6) is 0.886. The highest BCUT2D eigenvalue weighted by Gasteiger charge is 2.61. The lowest BCUT2D eigenvalue weighted by atomic mass is 9.69. The van der Waals surface area contributed by atoms with Gasteiger partial charge in [-0.25, -0.2) is 4.98 Å². The Morgan fingerprint density at radius 1 is 1.30 bits per heavy atom. The average molecular weight is 286 g/mol. The smallest absolute Gasteiger partial charge is 0.0813 e. The number of nitrogens with one attached hydrogen (secondary N) is 1. The van der Waals surface area contributed by atoms with E-state index in [2.05, 4.69) is 49.3 Å². The predicted octanol–water partition coefficient (Wildman–Crippen LogP) is 4.92. The minimum absolute atomic E-state index is 0.431. The molecule has 0 spiro atoms. The van der Waals surface area contributed by atoms with Crippen LogP contribution in [-0.4, -0.2) is 11.0 Å². The molecule has 2 saturated carbocycles. The van der Waals surface area contributed by atoms with E-state index in [1.54, 1.807) is 11.3 Å². The van der Waals surface area contributed by atoms with E-state index in [1.165, 1.54) is 29.6 Å². The van der Waals surface area contributed by atoms with Crippen LogP contribution < -0.4 is 5.32 Å². The number of thiazole rings is 1. The first-order chi connectivity index (χ1) is 9.50. The summed E-state index contributed by atoms with van der Waals surface area (Å²) in [5, 5.41) is 3.83. The molecule has 0 amide bonds. The zero-order chi connectivity index (χ0) is 14.0. The highest BCUT2D eigenvalue weighted by Crippen LogP contribution is 2.65. The van der Waals surface area contributed by atoms with Crippen LogP contribution in [-0.2, 0) is 0 Å². The third-order valence-corrected chi connectivity index (χ3v) is 7.26. The summed E-state index contributed by atoms with van der Waals surface area (Å²) in [4.78, 5) is 4.36. The third kappa shape index (κ3) is 1.53. The molecule has 2 aromatic rings. The minimum atomic E-state index is 0.431. The Balaban J connectivity index is 1.63. The van der Waals surface area contributed by atoms with Gasteiger partial charge in [-0.15, -0.1) is 11.3 Å². The van der Waals surface area contributed by atoms with Gasteiger partial charge in [0.15, 0.2) is 0 Å². The van der Waals surface area contributed by atoms with Crippen LogP contribution in [0.2, 0.25) is 0 Å². The number of fused-ring (bicyclic) bond motifs is 3. The van der Waals surface area contributed by atoms with Crippen LogP contribution >= 0.6 is 11.3 Å². The molecule has 2 fully saturated rings. The molecule has 3 atom stereocenters. The van der Waals surface area contributed by atoms with Crippen molar-refractivity contribution in [2.45, 2.75) is 46.1 Å². The molecule has 1 aromatic heterocycles. The van der Waals surface area contributed by atoms with Gasteiger partial charge in [-0.2, -0.15) is 0 Å². The van der Waals surface area contributed by atoms with E-state index in [9.17, 15) is 0 Å². The van der Waals surface area contributed by atoms with Gasteiger partial charge in [0.25, 0.3) is 0 Å². The molecule has 2 aliphatic rings. The SMILES string of the molecule is CC1(C)C2CCC1(C)C(Nc1ccc3ncsc3c1)C2. The van der Waals surface area contributed by atoms with Crippen molar-refractivity contribution in [1.29, 1.82) is 0 Å². The molecule has 106 valence electrons. The van der Waals surface area contributed by atoms with Crippen LogP contribution in [0.5, 0.6) is 0 Å². The summed E-state index contributed by atoms with van der Waals surface area (Å²) in [6.07, 6.45) is 4.10. The molecule has 1 aromatic carbocycles. The lowest BCUT2D eigenvalue weighted by Gasteiger charge is -2.40. The van der Waals surface area contributed by atoms with Crippen LogP contribution in [0.3, 0.4) is 0 Å². The van der Waals surface area contributed by atoms with Crippen molar-refractivity contribution < 1.29 is 0 Å². The van der Waals surface area contributed by atoms with Gasteiger partial charge in [-0.3, -0.25) is 0 Å². The number of anilines is 1. The fraction of sp³-hybridized carbons (Fsp3) is 0.588. The normalized spacial score (nSPS) is 34.8. The topological polar surface area (TPSA) is 24.9 Å². The van der Waals surface area contributed by atoms with E-state index in [0.29, 0.717) is 16.9 Å². The molecular formula is C17H22N2S. The van der Waals surface area contributed by atoms with E-state index >= 15 is 0 Å². The van der Waals surface area contributed by atoms with Crippen molar-refractivity contribution >= 4 is 27.2 Å². The van der Waals surface area contributed by atoms with Crippen molar-refractivity contribution in [1.82, 2.24) is 4.98 Å². The number of rotatable bonds is 2. The molecule has 2 nitrogen and oxygen atoms in total. The lowest BCUT2D eigenvalue weighted by molar-refractivity contribution is 0.142. The molecule has 1 N–H and O–H groups in total. The summed E-state index contributed by atoms with van der Waals surface area (Å²) >= 11 is 1.72. The van der Waals surface area contributed by atoms with Gasteiger partial charge in [-0.05, 0) is 54.2 Å². The van der Waals surface area contributed by atoms with Crippen LogP contribution in [0.1, 0.15) is 40.0 Å². The monoisotopic (exact) mass is 286 g/mol. The third-order valence-electron chi connectivity index (χ3n) is 6.47. The highest BCUT2D eigenvalue weighted by molar-refractivity contribution is 7.16. The maximum atomic E-state index is 4.36. The van der Waals surface area contributed by atoms with E-state index in [4.69, 9.17) is 0 Å². The fourth-order valence-electron chi connectivity index (χ4n) is 4.57. The van der Waals surface area contributed by atoms with Gasteiger partial charge in [0, 0.05) is 11.7 Å². The fourth-order valence-corrected chi connectivity index (χ4v) is 5.28. The number of aromatic nitrogens is 1. The molecule has 2 aliphatic carbocycles. The van der Waals surface area contributed by atoms with E-state index in [1.807, 2.05) is 5.51 Å². The second kappa shape index (κ2) is 3.97. The summed E-state index contributed by atoms with van der Waals surface area (Å²) in [6, 6.07) is 7.19. The largest absolute Gasteiger partial charge is 0.382 e. The van der Waals surface area contributed by atoms with Gasteiger partial charge in [0.1, 0.15) is 0 Å². The second-order valence-corrected chi connectivity index (χ2v) is 8.23. The summed E-state index contributed by atoms with van der Waals surface area (Å²) in [7, 11) is 0. The Labute approximate surface area is 124 Å². The average Bonchev–Trinajstić information content (AvgIpc) is 3.00. The van der Waals surface area contributed by atoms with Gasteiger partial charge >= 0.3 is 0 Å². The van der Waals surface area contributed by atoms with Gasteiger partial charge in [0.2, 0.25) is 0 Å². The Kier molecular flexibility index (Phi) is 2.51. The first-order valence-corrected chi connectivity index (χ1v) is 8.48. The Morgan fingerprint density at radius 2 is 2.15 bits per heavy atom. The predicted molar refractivity (Wildman–Crippen MR) is 86.3 cm³/mol. The van der Waals surface area contributed by atoms with Crippen LogP contribution in [0, 0.1) is 16.7 Å². The molecule has 0 saturated heterocycles. The van der Waals surface area contributed by atoms with Crippen molar-refractivity contribution in [3.8, 4) is 0 Å². The molecule has 0 aliphatic heterocycles. The summed E-state index contributed by atoms with van der Waals surface area (Å²) < 4.78 is 1.28. The highest BCUT2D eigenvalue weighted by atomic mass is 32.1. The Bertz CT molecular complexity index is 660. The molecule has 0 radical (unpaired) electrons. The first-order valence-electron chi connectivity index (χ1n) is 7.60. The van der Waals surface area contributed by atoms with Gasteiger partial charge in [-0.1, -0.05) is 20.8 Å². The van der Waals surface area contributed by atoms with Crippen LogP contribution in [0.4, 0.5) is 5.69 Å². The summed E-state index contributed by atoms with van der Waals surface area (Å²) in [5.41, 5.74) is 5.20. The molecule has 1 heterocycles. The molecule has 20 heavy (non-hydrogen) atoms. The minimum Gasteiger partial charge on any atom is -0.382 e. The first kappa shape index (κ1) is 12.6. The molecule has 4 rings (SSSR count). The molecule has 3 unspecified atom stereocenters. The molecular weight excluding hydrogens is 264 g/mol. The zero-order valence-corrected chi connectivity index (χ0v) is 13.3. The van der Waals surface area contributed by atoms with Gasteiger partial charge < -0.3 is 5.32 Å². The standard InChI is InChI=1S/C17H22N2S/c1-16(2)11-6-7-17(16,3)15(8-11)19-12-4-5-13-14(9-12)20-10-18-13/h4-5,9-11,15,19H,6-8H2,1-3H3. The zero-order valence-electron chi connectivity index (χ0n) is 12.4. The quantitative estimate of drug-likeness (QED) is 0.847. The van der Waals surface area contributed by atoms with E-state index < -0.39 is 0 Å². The second-order valence-electron chi connectivity index (χ2n) is 7.34. The van der Waals surface area contributed by atoms with Crippen LogP contribution in [0.15, 0.2) is 23.7 Å². The van der Waals surface area contributed by atoms with Crippen molar-refractivity contribution in [2.75, 3.05) is 5.32 Å². The lowest BCUT2D eigenvalue weighted by Crippen LogP contribution is -2.40. The number of hydrogen-bond acceptors (Lipinski definition) is 3. The van der Waals surface area contributed by atoms with E-state index in [0.717, 1.165) is 11.4 Å². The Morgan fingerprint density at radius 3 is 2.85 bits per heavy atom. The Hall–Kier alpha value is -1.09. The van der Waals surface area contributed by atoms with E-state index in [-0.39, 0.29) is 0 Å². The maximum Gasteiger partial charge on any atom is 0.0813 e. The molecule has 2 bridgehead atoms.